The van der Waals surface area contributed by atoms with E-state index in [9.17, 15) is 4.79 Å². The molecule has 0 aromatic heterocycles. The highest BCUT2D eigenvalue weighted by Gasteiger charge is 2.10. The highest BCUT2D eigenvalue weighted by atomic mass is 16.4. The minimum Gasteiger partial charge on any atom is -0.478 e. The summed E-state index contributed by atoms with van der Waals surface area (Å²) in [6.07, 6.45) is 3.30. The third-order valence-electron chi connectivity index (χ3n) is 2.92. The largest absolute Gasteiger partial charge is 0.478 e. The first-order valence-corrected chi connectivity index (χ1v) is 5.41. The van der Waals surface area contributed by atoms with Crippen molar-refractivity contribution >= 4 is 11.7 Å². The Morgan fingerprint density at radius 1 is 1.31 bits per heavy atom. The number of benzene rings is 1. The summed E-state index contributed by atoms with van der Waals surface area (Å²) in [5.41, 5.74) is 2.86. The van der Waals surface area contributed by atoms with Crippen molar-refractivity contribution in [2.75, 3.05) is 18.0 Å². The van der Waals surface area contributed by atoms with E-state index in [0.29, 0.717) is 5.56 Å². The summed E-state index contributed by atoms with van der Waals surface area (Å²) >= 11 is 0. The van der Waals surface area contributed by atoms with Gasteiger partial charge in [0.2, 0.25) is 0 Å². The average Bonchev–Trinajstić information content (AvgIpc) is 2.30. The van der Waals surface area contributed by atoms with Gasteiger partial charge < -0.3 is 10.0 Å². The second-order valence-electron chi connectivity index (χ2n) is 4.10. The van der Waals surface area contributed by atoms with Crippen LogP contribution in [0, 0.1) is 0 Å². The number of nitrogens with zero attached hydrogens (tertiary/aromatic N) is 1. The molecule has 84 valence electrons. The molecule has 0 saturated heterocycles. The number of anilines is 1. The van der Waals surface area contributed by atoms with Gasteiger partial charge in [0.1, 0.15) is 0 Å². The van der Waals surface area contributed by atoms with E-state index in [1.54, 1.807) is 12.1 Å². The van der Waals surface area contributed by atoms with Gasteiger partial charge in [-0.15, -0.1) is 0 Å². The van der Waals surface area contributed by atoms with E-state index in [0.717, 1.165) is 25.2 Å². The molecule has 0 spiro atoms. The van der Waals surface area contributed by atoms with Crippen molar-refractivity contribution in [1.29, 1.82) is 0 Å². The Balaban J connectivity index is 2.13. The lowest BCUT2D eigenvalue weighted by Gasteiger charge is -2.27. The van der Waals surface area contributed by atoms with E-state index in [1.165, 1.54) is 5.57 Å². The van der Waals surface area contributed by atoms with Crippen LogP contribution in [0.2, 0.25) is 0 Å². The molecule has 2 rings (SSSR count). The van der Waals surface area contributed by atoms with Crippen LogP contribution in [0.5, 0.6) is 0 Å². The van der Waals surface area contributed by atoms with Crippen molar-refractivity contribution in [3.05, 3.63) is 41.5 Å². The molecule has 1 aliphatic heterocycles. The zero-order valence-corrected chi connectivity index (χ0v) is 9.31. The van der Waals surface area contributed by atoms with Crippen LogP contribution >= 0.6 is 0 Å². The van der Waals surface area contributed by atoms with Crippen LogP contribution in [0.15, 0.2) is 35.9 Å². The molecule has 0 amide bonds. The van der Waals surface area contributed by atoms with Crippen LogP contribution in [-0.2, 0) is 0 Å². The van der Waals surface area contributed by atoms with Gasteiger partial charge in [0.25, 0.3) is 0 Å². The van der Waals surface area contributed by atoms with Crippen LogP contribution in [0.4, 0.5) is 5.69 Å². The summed E-state index contributed by atoms with van der Waals surface area (Å²) in [5, 5.41) is 8.80. The third kappa shape index (κ3) is 2.24. The van der Waals surface area contributed by atoms with Crippen molar-refractivity contribution < 1.29 is 9.90 Å². The lowest BCUT2D eigenvalue weighted by atomic mass is 10.1. The number of hydrogen-bond donors (Lipinski definition) is 1. The summed E-state index contributed by atoms with van der Waals surface area (Å²) in [7, 11) is 0. The molecule has 1 aliphatic rings. The predicted molar refractivity (Wildman–Crippen MR) is 64.0 cm³/mol. The second kappa shape index (κ2) is 4.39. The van der Waals surface area contributed by atoms with Gasteiger partial charge in [-0.1, -0.05) is 11.6 Å². The summed E-state index contributed by atoms with van der Waals surface area (Å²) in [4.78, 5) is 13.0. The zero-order valence-electron chi connectivity index (χ0n) is 9.31. The number of aromatic carboxylic acids is 1. The number of carboxylic acids is 1. The first kappa shape index (κ1) is 10.7. The molecule has 0 fully saturated rings. The lowest BCUT2D eigenvalue weighted by Crippen LogP contribution is -2.27. The van der Waals surface area contributed by atoms with Crippen molar-refractivity contribution in [2.24, 2.45) is 0 Å². The van der Waals surface area contributed by atoms with Crippen molar-refractivity contribution in [3.63, 3.8) is 0 Å². The van der Waals surface area contributed by atoms with Gasteiger partial charge in [0.15, 0.2) is 0 Å². The van der Waals surface area contributed by atoms with Gasteiger partial charge in [-0.05, 0) is 37.6 Å². The molecule has 16 heavy (non-hydrogen) atoms. The Morgan fingerprint density at radius 2 is 2.00 bits per heavy atom. The van der Waals surface area contributed by atoms with Crippen LogP contribution in [-0.4, -0.2) is 24.2 Å². The minimum atomic E-state index is -0.874. The molecular formula is C13H15NO2. The number of rotatable bonds is 2. The highest BCUT2D eigenvalue weighted by molar-refractivity contribution is 5.88. The third-order valence-corrected chi connectivity index (χ3v) is 2.92. The summed E-state index contributed by atoms with van der Waals surface area (Å²) in [5.74, 6) is -0.874. The maximum atomic E-state index is 10.7. The number of carbonyl (C=O) groups is 1. The van der Waals surface area contributed by atoms with Gasteiger partial charge in [0, 0.05) is 18.8 Å². The smallest absolute Gasteiger partial charge is 0.335 e. The van der Waals surface area contributed by atoms with E-state index in [-0.39, 0.29) is 0 Å². The monoisotopic (exact) mass is 217 g/mol. The molecule has 1 N–H and O–H groups in total. The fourth-order valence-corrected chi connectivity index (χ4v) is 1.82. The predicted octanol–water partition coefficient (Wildman–Crippen LogP) is 2.54. The molecule has 0 radical (unpaired) electrons. The summed E-state index contributed by atoms with van der Waals surface area (Å²) < 4.78 is 0. The van der Waals surface area contributed by atoms with Gasteiger partial charge in [-0.3, -0.25) is 0 Å². The Bertz CT molecular complexity index is 420. The SMILES string of the molecule is CC1=CCN(c2ccc(C(=O)O)cc2)CC1. The average molecular weight is 217 g/mol. The molecule has 0 atom stereocenters. The second-order valence-corrected chi connectivity index (χ2v) is 4.10. The Hall–Kier alpha value is -1.77. The molecule has 1 aromatic carbocycles. The molecule has 1 aromatic rings. The van der Waals surface area contributed by atoms with E-state index in [1.807, 2.05) is 12.1 Å². The fraction of sp³-hybridized carbons (Fsp3) is 0.308. The topological polar surface area (TPSA) is 40.5 Å². The van der Waals surface area contributed by atoms with E-state index in [4.69, 9.17) is 5.11 Å². The quantitative estimate of drug-likeness (QED) is 0.774. The van der Waals surface area contributed by atoms with Crippen molar-refractivity contribution in [2.45, 2.75) is 13.3 Å². The first-order chi connectivity index (χ1) is 7.66. The van der Waals surface area contributed by atoms with Crippen LogP contribution in [0.3, 0.4) is 0 Å². The van der Waals surface area contributed by atoms with Crippen molar-refractivity contribution in [3.8, 4) is 0 Å². The molecule has 0 aliphatic carbocycles. The normalized spacial score (nSPS) is 15.8. The van der Waals surface area contributed by atoms with Gasteiger partial charge >= 0.3 is 5.97 Å². The minimum absolute atomic E-state index is 0.340. The molecule has 3 heteroatoms. The standard InChI is InChI=1S/C13H15NO2/c1-10-6-8-14(9-7-10)12-4-2-11(3-5-12)13(15)16/h2-6H,7-9H2,1H3,(H,15,16). The first-order valence-electron chi connectivity index (χ1n) is 5.41. The zero-order chi connectivity index (χ0) is 11.5. The summed E-state index contributed by atoms with van der Waals surface area (Å²) in [6.45, 7) is 4.07. The Kier molecular flexibility index (Phi) is 2.95. The molecule has 1 heterocycles. The molecule has 0 bridgehead atoms. The van der Waals surface area contributed by atoms with Gasteiger partial charge in [0.05, 0.1) is 5.56 Å². The van der Waals surface area contributed by atoms with Gasteiger partial charge in [-0.2, -0.15) is 0 Å². The van der Waals surface area contributed by atoms with Crippen molar-refractivity contribution in [1.82, 2.24) is 0 Å². The number of hydrogen-bond acceptors (Lipinski definition) is 2. The molecule has 0 unspecified atom stereocenters. The van der Waals surface area contributed by atoms with E-state index >= 15 is 0 Å². The molecule has 0 saturated carbocycles. The maximum absolute atomic E-state index is 10.7. The van der Waals surface area contributed by atoms with Crippen LogP contribution < -0.4 is 4.90 Å². The fourth-order valence-electron chi connectivity index (χ4n) is 1.82. The maximum Gasteiger partial charge on any atom is 0.335 e. The number of carboxylic acid groups (broad SMARTS) is 1. The Labute approximate surface area is 95.0 Å². The molecular weight excluding hydrogens is 202 g/mol. The van der Waals surface area contributed by atoms with E-state index < -0.39 is 5.97 Å². The van der Waals surface area contributed by atoms with Crippen LogP contribution in [0.1, 0.15) is 23.7 Å². The lowest BCUT2D eigenvalue weighted by molar-refractivity contribution is 0.0697. The van der Waals surface area contributed by atoms with Gasteiger partial charge in [-0.25, -0.2) is 4.79 Å². The Morgan fingerprint density at radius 3 is 2.50 bits per heavy atom. The van der Waals surface area contributed by atoms with E-state index in [2.05, 4.69) is 17.9 Å². The highest BCUT2D eigenvalue weighted by Crippen LogP contribution is 2.19. The molecule has 3 nitrogen and oxygen atoms in total. The van der Waals surface area contributed by atoms with Crippen LogP contribution in [0.25, 0.3) is 0 Å². The summed E-state index contributed by atoms with van der Waals surface area (Å²) in [6, 6.07) is 7.06.